The smallest absolute Gasteiger partial charge is 0.223 e. The van der Waals surface area contributed by atoms with E-state index in [4.69, 9.17) is 5.73 Å². The molecule has 0 spiro atoms. The first-order valence-electron chi connectivity index (χ1n) is 7.54. The number of halogens is 1. The van der Waals surface area contributed by atoms with Gasteiger partial charge in [-0.25, -0.2) is 0 Å². The van der Waals surface area contributed by atoms with Crippen LogP contribution in [0.2, 0.25) is 0 Å². The molecule has 0 aromatic heterocycles. The first kappa shape index (κ1) is 16.8. The first-order valence-corrected chi connectivity index (χ1v) is 7.54. The summed E-state index contributed by atoms with van der Waals surface area (Å²) in [4.78, 5) is 12.2. The molecule has 19 heavy (non-hydrogen) atoms. The van der Waals surface area contributed by atoms with E-state index < -0.39 is 0 Å². The van der Waals surface area contributed by atoms with Gasteiger partial charge in [0.15, 0.2) is 0 Å². The summed E-state index contributed by atoms with van der Waals surface area (Å²) in [6.45, 7) is 6.08. The lowest BCUT2D eigenvalue weighted by atomic mass is 9.92. The van der Waals surface area contributed by atoms with Gasteiger partial charge in [0.1, 0.15) is 0 Å². The van der Waals surface area contributed by atoms with Crippen LogP contribution < -0.4 is 11.1 Å². The van der Waals surface area contributed by atoms with E-state index in [0.717, 1.165) is 31.7 Å². The summed E-state index contributed by atoms with van der Waals surface area (Å²) < 4.78 is 0. The second-order valence-electron chi connectivity index (χ2n) is 6.85. The van der Waals surface area contributed by atoms with E-state index in [0.29, 0.717) is 17.9 Å². The topological polar surface area (TPSA) is 55.1 Å². The molecule has 0 bridgehead atoms. The Morgan fingerprint density at radius 1 is 1.37 bits per heavy atom. The van der Waals surface area contributed by atoms with Crippen molar-refractivity contribution >= 4 is 18.3 Å². The lowest BCUT2D eigenvalue weighted by Crippen LogP contribution is -2.38. The minimum absolute atomic E-state index is 0. The van der Waals surface area contributed by atoms with Crippen molar-refractivity contribution in [3.8, 4) is 0 Å². The molecule has 0 radical (unpaired) electrons. The Balaban J connectivity index is 0.00000180. The predicted molar refractivity (Wildman–Crippen MR) is 81.3 cm³/mol. The molecule has 0 heterocycles. The first-order chi connectivity index (χ1) is 8.56. The molecule has 2 fully saturated rings. The highest BCUT2D eigenvalue weighted by Gasteiger charge is 2.43. The highest BCUT2D eigenvalue weighted by molar-refractivity contribution is 5.85. The molecule has 0 aromatic rings. The molecule has 2 atom stereocenters. The molecule has 2 aliphatic rings. The second kappa shape index (κ2) is 6.94. The van der Waals surface area contributed by atoms with Crippen LogP contribution >= 0.6 is 12.4 Å². The van der Waals surface area contributed by atoms with E-state index in [9.17, 15) is 4.79 Å². The Labute approximate surface area is 123 Å². The average molecular weight is 289 g/mol. The van der Waals surface area contributed by atoms with Gasteiger partial charge in [0.2, 0.25) is 5.91 Å². The Morgan fingerprint density at radius 3 is 2.58 bits per heavy atom. The number of rotatable bonds is 6. The van der Waals surface area contributed by atoms with E-state index in [1.165, 1.54) is 19.3 Å². The quantitative estimate of drug-likeness (QED) is 0.789. The van der Waals surface area contributed by atoms with Crippen LogP contribution in [0.25, 0.3) is 0 Å². The SMILES string of the molecule is CC(C)CC1(CNC(=O)[C@@H]2CCC[C@@H]2CN)CC1.Cl. The van der Waals surface area contributed by atoms with Gasteiger partial charge < -0.3 is 11.1 Å². The number of carbonyl (C=O) groups is 1. The van der Waals surface area contributed by atoms with Crippen LogP contribution in [-0.4, -0.2) is 19.0 Å². The molecule has 1 amide bonds. The van der Waals surface area contributed by atoms with Crippen molar-refractivity contribution in [2.45, 2.75) is 52.4 Å². The van der Waals surface area contributed by atoms with Crippen LogP contribution in [0.4, 0.5) is 0 Å². The molecule has 0 aromatic carbocycles. The summed E-state index contributed by atoms with van der Waals surface area (Å²) in [5, 5.41) is 3.20. The van der Waals surface area contributed by atoms with Crippen molar-refractivity contribution in [3.05, 3.63) is 0 Å². The van der Waals surface area contributed by atoms with E-state index in [1.807, 2.05) is 0 Å². The van der Waals surface area contributed by atoms with Crippen LogP contribution in [-0.2, 0) is 4.79 Å². The van der Waals surface area contributed by atoms with Gasteiger partial charge >= 0.3 is 0 Å². The summed E-state index contributed by atoms with van der Waals surface area (Å²) >= 11 is 0. The van der Waals surface area contributed by atoms with E-state index in [2.05, 4.69) is 19.2 Å². The van der Waals surface area contributed by atoms with Gasteiger partial charge in [-0.1, -0.05) is 20.3 Å². The Kier molecular flexibility index (Phi) is 6.13. The van der Waals surface area contributed by atoms with Gasteiger partial charge in [-0.15, -0.1) is 12.4 Å². The van der Waals surface area contributed by atoms with Crippen molar-refractivity contribution in [2.24, 2.45) is 28.9 Å². The molecule has 0 saturated heterocycles. The van der Waals surface area contributed by atoms with Crippen LogP contribution in [0.3, 0.4) is 0 Å². The summed E-state index contributed by atoms with van der Waals surface area (Å²) in [5.41, 5.74) is 6.17. The van der Waals surface area contributed by atoms with E-state index in [-0.39, 0.29) is 24.2 Å². The largest absolute Gasteiger partial charge is 0.355 e. The minimum atomic E-state index is 0. The summed E-state index contributed by atoms with van der Waals surface area (Å²) in [7, 11) is 0. The van der Waals surface area contributed by atoms with Gasteiger partial charge in [0.05, 0.1) is 0 Å². The third-order valence-electron chi connectivity index (χ3n) is 4.73. The molecule has 3 N–H and O–H groups in total. The van der Waals surface area contributed by atoms with E-state index >= 15 is 0 Å². The Bertz CT molecular complexity index is 303. The van der Waals surface area contributed by atoms with Gasteiger partial charge in [-0.2, -0.15) is 0 Å². The van der Waals surface area contributed by atoms with Crippen molar-refractivity contribution < 1.29 is 4.79 Å². The second-order valence-corrected chi connectivity index (χ2v) is 6.85. The monoisotopic (exact) mass is 288 g/mol. The normalized spacial score (nSPS) is 28.0. The number of nitrogens with two attached hydrogens (primary N) is 1. The lowest BCUT2D eigenvalue weighted by Gasteiger charge is -2.22. The van der Waals surface area contributed by atoms with Crippen molar-refractivity contribution in [2.75, 3.05) is 13.1 Å². The maximum absolute atomic E-state index is 12.2. The number of hydrogen-bond donors (Lipinski definition) is 2. The zero-order valence-electron chi connectivity index (χ0n) is 12.3. The molecule has 0 unspecified atom stereocenters. The number of amides is 1. The molecular formula is C15H29ClN2O. The maximum Gasteiger partial charge on any atom is 0.223 e. The standard InChI is InChI=1S/C15H28N2O.ClH/c1-11(2)8-15(6-7-15)10-17-14(18)13-5-3-4-12(13)9-16;/h11-13H,3-10,16H2,1-2H3,(H,17,18);1H/t12-,13-;/m1./s1. The lowest BCUT2D eigenvalue weighted by molar-refractivity contribution is -0.126. The fraction of sp³-hybridized carbons (Fsp3) is 0.933. The number of nitrogens with one attached hydrogen (secondary N) is 1. The zero-order valence-corrected chi connectivity index (χ0v) is 13.1. The average Bonchev–Trinajstić information content (AvgIpc) is 2.92. The van der Waals surface area contributed by atoms with Crippen molar-refractivity contribution in [1.29, 1.82) is 0 Å². The molecule has 2 saturated carbocycles. The van der Waals surface area contributed by atoms with Gasteiger partial charge in [0.25, 0.3) is 0 Å². The Hall–Kier alpha value is -0.280. The zero-order chi connectivity index (χ0) is 13.2. The molecule has 112 valence electrons. The number of hydrogen-bond acceptors (Lipinski definition) is 2. The van der Waals surface area contributed by atoms with Crippen LogP contribution in [0, 0.1) is 23.2 Å². The van der Waals surface area contributed by atoms with Gasteiger partial charge in [-0.3, -0.25) is 4.79 Å². The summed E-state index contributed by atoms with van der Waals surface area (Å²) in [6.07, 6.45) is 7.15. The van der Waals surface area contributed by atoms with Crippen LogP contribution in [0.5, 0.6) is 0 Å². The Morgan fingerprint density at radius 2 is 2.05 bits per heavy atom. The third kappa shape index (κ3) is 4.35. The highest BCUT2D eigenvalue weighted by atomic mass is 35.5. The van der Waals surface area contributed by atoms with Crippen molar-refractivity contribution in [1.82, 2.24) is 5.32 Å². The highest BCUT2D eigenvalue weighted by Crippen LogP contribution is 2.50. The summed E-state index contributed by atoms with van der Waals surface area (Å²) in [6, 6.07) is 0. The van der Waals surface area contributed by atoms with Gasteiger partial charge in [-0.05, 0) is 55.9 Å². The van der Waals surface area contributed by atoms with Crippen LogP contribution in [0.15, 0.2) is 0 Å². The molecular weight excluding hydrogens is 260 g/mol. The molecule has 0 aliphatic heterocycles. The summed E-state index contributed by atoms with van der Waals surface area (Å²) in [5.74, 6) is 1.60. The fourth-order valence-electron chi connectivity index (χ4n) is 3.57. The minimum Gasteiger partial charge on any atom is -0.355 e. The van der Waals surface area contributed by atoms with Crippen LogP contribution in [0.1, 0.15) is 52.4 Å². The molecule has 4 heteroatoms. The van der Waals surface area contributed by atoms with E-state index in [1.54, 1.807) is 0 Å². The maximum atomic E-state index is 12.2. The third-order valence-corrected chi connectivity index (χ3v) is 4.73. The fourth-order valence-corrected chi connectivity index (χ4v) is 3.57. The number of carbonyl (C=O) groups excluding carboxylic acids is 1. The molecule has 2 aliphatic carbocycles. The van der Waals surface area contributed by atoms with Crippen molar-refractivity contribution in [3.63, 3.8) is 0 Å². The molecule has 3 nitrogen and oxygen atoms in total. The predicted octanol–water partition coefficient (Wildman–Crippen LogP) is 2.73. The molecule has 2 rings (SSSR count). The van der Waals surface area contributed by atoms with Gasteiger partial charge in [0, 0.05) is 12.5 Å².